The number of hydrogen-bond donors (Lipinski definition) is 2. The zero-order valence-corrected chi connectivity index (χ0v) is 6.92. The first-order valence-corrected chi connectivity index (χ1v) is 3.62. The van der Waals surface area contributed by atoms with Gasteiger partial charge in [0, 0.05) is 19.6 Å². The lowest BCUT2D eigenvalue weighted by atomic mass is 10.1. The molecule has 0 aromatic heterocycles. The summed E-state index contributed by atoms with van der Waals surface area (Å²) in [5.41, 5.74) is 0. The van der Waals surface area contributed by atoms with E-state index >= 15 is 0 Å². The zero-order chi connectivity index (χ0) is 7.98. The SMILES string of the molecule is CC[C@H](C[C@H](O)OC)NC. The van der Waals surface area contributed by atoms with Crippen LogP contribution in [0.4, 0.5) is 0 Å². The quantitative estimate of drug-likeness (QED) is 0.551. The van der Waals surface area contributed by atoms with Crippen LogP contribution < -0.4 is 5.32 Å². The molecule has 3 heteroatoms. The maximum atomic E-state index is 9.03. The van der Waals surface area contributed by atoms with Crippen molar-refractivity contribution in [3.8, 4) is 0 Å². The average Bonchev–Trinajstić information content (AvgIpc) is 1.99. The van der Waals surface area contributed by atoms with Crippen molar-refractivity contribution in [1.29, 1.82) is 0 Å². The number of aliphatic hydroxyl groups is 1. The maximum absolute atomic E-state index is 9.03. The molecule has 0 saturated carbocycles. The molecule has 3 nitrogen and oxygen atoms in total. The van der Waals surface area contributed by atoms with Crippen molar-refractivity contribution in [1.82, 2.24) is 5.32 Å². The molecule has 62 valence electrons. The molecular formula is C7H17NO2. The topological polar surface area (TPSA) is 41.5 Å². The van der Waals surface area contributed by atoms with Crippen LogP contribution >= 0.6 is 0 Å². The third kappa shape index (κ3) is 3.82. The molecule has 0 aromatic carbocycles. The summed E-state index contributed by atoms with van der Waals surface area (Å²) >= 11 is 0. The Labute approximate surface area is 62.4 Å². The molecule has 2 N–H and O–H groups in total. The van der Waals surface area contributed by atoms with Crippen LogP contribution in [0.15, 0.2) is 0 Å². The number of methoxy groups -OCH3 is 1. The first-order valence-electron chi connectivity index (χ1n) is 3.62. The monoisotopic (exact) mass is 147 g/mol. The molecule has 0 radical (unpaired) electrons. The fourth-order valence-electron chi connectivity index (χ4n) is 0.828. The van der Waals surface area contributed by atoms with E-state index in [1.54, 1.807) is 0 Å². The fraction of sp³-hybridized carbons (Fsp3) is 1.00. The molecule has 0 heterocycles. The lowest BCUT2D eigenvalue weighted by molar-refractivity contribution is -0.0832. The largest absolute Gasteiger partial charge is 0.368 e. The highest BCUT2D eigenvalue weighted by Gasteiger charge is 2.08. The normalized spacial score (nSPS) is 16.8. The Morgan fingerprint density at radius 3 is 2.50 bits per heavy atom. The Hall–Kier alpha value is -0.120. The van der Waals surface area contributed by atoms with Crippen molar-refractivity contribution in [3.63, 3.8) is 0 Å². The molecule has 0 aliphatic carbocycles. The number of hydrogen-bond acceptors (Lipinski definition) is 3. The number of rotatable bonds is 5. The van der Waals surface area contributed by atoms with Gasteiger partial charge in [0.15, 0.2) is 6.29 Å². The average molecular weight is 147 g/mol. The summed E-state index contributed by atoms with van der Waals surface area (Å²) in [5.74, 6) is 0. The highest BCUT2D eigenvalue weighted by Crippen LogP contribution is 2.01. The minimum absolute atomic E-state index is 0.356. The van der Waals surface area contributed by atoms with E-state index in [-0.39, 0.29) is 0 Å². The van der Waals surface area contributed by atoms with Crippen LogP contribution in [-0.2, 0) is 4.74 Å². The molecule has 0 aliphatic heterocycles. The van der Waals surface area contributed by atoms with Crippen LogP contribution in [0.25, 0.3) is 0 Å². The summed E-state index contributed by atoms with van der Waals surface area (Å²) < 4.78 is 4.70. The Kier molecular flexibility index (Phi) is 5.58. The van der Waals surface area contributed by atoms with Gasteiger partial charge in [-0.2, -0.15) is 0 Å². The first-order chi connectivity index (χ1) is 4.74. The van der Waals surface area contributed by atoms with Crippen LogP contribution in [0.3, 0.4) is 0 Å². The van der Waals surface area contributed by atoms with Crippen molar-refractivity contribution >= 4 is 0 Å². The molecule has 0 unspecified atom stereocenters. The van der Waals surface area contributed by atoms with E-state index in [9.17, 15) is 0 Å². The van der Waals surface area contributed by atoms with Gasteiger partial charge in [-0.3, -0.25) is 0 Å². The predicted molar refractivity (Wildman–Crippen MR) is 40.8 cm³/mol. The van der Waals surface area contributed by atoms with Gasteiger partial charge in [0.05, 0.1) is 0 Å². The highest BCUT2D eigenvalue weighted by atomic mass is 16.6. The standard InChI is InChI=1S/C7H17NO2/c1-4-6(8-2)5-7(9)10-3/h6-9H,4-5H2,1-3H3/t6-,7-/m1/s1. The Bertz CT molecular complexity index is 74.0. The van der Waals surface area contributed by atoms with Gasteiger partial charge >= 0.3 is 0 Å². The third-order valence-electron chi connectivity index (χ3n) is 1.66. The predicted octanol–water partition coefficient (Wildman–Crippen LogP) is 0.339. The number of aliphatic hydroxyl groups excluding tert-OH is 1. The molecule has 0 spiro atoms. The van der Waals surface area contributed by atoms with Crippen molar-refractivity contribution in [3.05, 3.63) is 0 Å². The molecule has 0 fully saturated rings. The highest BCUT2D eigenvalue weighted by molar-refractivity contribution is 4.62. The van der Waals surface area contributed by atoms with Gasteiger partial charge in [-0.15, -0.1) is 0 Å². The fourth-order valence-corrected chi connectivity index (χ4v) is 0.828. The molecule has 0 aliphatic rings. The van der Waals surface area contributed by atoms with Gasteiger partial charge in [-0.1, -0.05) is 6.92 Å². The van der Waals surface area contributed by atoms with Crippen LogP contribution in [0.1, 0.15) is 19.8 Å². The lowest BCUT2D eigenvalue weighted by Crippen LogP contribution is -2.29. The van der Waals surface area contributed by atoms with Gasteiger partial charge < -0.3 is 15.2 Å². The van der Waals surface area contributed by atoms with Crippen LogP contribution in [0, 0.1) is 0 Å². The lowest BCUT2D eigenvalue weighted by Gasteiger charge is -2.16. The second kappa shape index (κ2) is 5.65. The smallest absolute Gasteiger partial charge is 0.155 e. The Morgan fingerprint density at radius 2 is 2.20 bits per heavy atom. The molecular weight excluding hydrogens is 130 g/mol. The Balaban J connectivity index is 3.41. The van der Waals surface area contributed by atoms with E-state index in [1.807, 2.05) is 7.05 Å². The summed E-state index contributed by atoms with van der Waals surface area (Å²) in [7, 11) is 3.39. The second-order valence-electron chi connectivity index (χ2n) is 2.32. The van der Waals surface area contributed by atoms with Crippen molar-refractivity contribution < 1.29 is 9.84 Å². The Morgan fingerprint density at radius 1 is 1.60 bits per heavy atom. The first kappa shape index (κ1) is 9.88. The van der Waals surface area contributed by atoms with Crippen LogP contribution in [0.5, 0.6) is 0 Å². The van der Waals surface area contributed by atoms with E-state index in [0.29, 0.717) is 12.5 Å². The van der Waals surface area contributed by atoms with Crippen molar-refractivity contribution in [2.45, 2.75) is 32.1 Å². The second-order valence-corrected chi connectivity index (χ2v) is 2.32. The van der Waals surface area contributed by atoms with Gasteiger partial charge in [-0.25, -0.2) is 0 Å². The minimum Gasteiger partial charge on any atom is -0.368 e. The molecule has 2 atom stereocenters. The van der Waals surface area contributed by atoms with Gasteiger partial charge in [-0.05, 0) is 13.5 Å². The molecule has 0 rings (SSSR count). The van der Waals surface area contributed by atoms with Crippen LogP contribution in [0.2, 0.25) is 0 Å². The minimum atomic E-state index is -0.627. The van der Waals surface area contributed by atoms with Gasteiger partial charge in [0.2, 0.25) is 0 Å². The zero-order valence-electron chi connectivity index (χ0n) is 6.92. The molecule has 0 amide bonds. The van der Waals surface area contributed by atoms with E-state index in [2.05, 4.69) is 12.2 Å². The summed E-state index contributed by atoms with van der Waals surface area (Å²) in [6.07, 6.45) is 1.04. The summed E-state index contributed by atoms with van der Waals surface area (Å²) in [4.78, 5) is 0. The number of ether oxygens (including phenoxy) is 1. The number of nitrogens with one attached hydrogen (secondary N) is 1. The summed E-state index contributed by atoms with van der Waals surface area (Å²) in [6.45, 7) is 2.07. The van der Waals surface area contributed by atoms with Gasteiger partial charge in [0.1, 0.15) is 0 Å². The summed E-state index contributed by atoms with van der Waals surface area (Å²) in [5, 5.41) is 12.1. The molecule has 0 aromatic rings. The van der Waals surface area contributed by atoms with E-state index in [4.69, 9.17) is 9.84 Å². The van der Waals surface area contributed by atoms with Crippen molar-refractivity contribution in [2.75, 3.05) is 14.2 Å². The van der Waals surface area contributed by atoms with Gasteiger partial charge in [0.25, 0.3) is 0 Å². The molecule has 0 saturated heterocycles. The van der Waals surface area contributed by atoms with E-state index in [0.717, 1.165) is 6.42 Å². The van der Waals surface area contributed by atoms with Crippen LogP contribution in [-0.4, -0.2) is 31.6 Å². The third-order valence-corrected chi connectivity index (χ3v) is 1.66. The molecule has 0 bridgehead atoms. The molecule has 10 heavy (non-hydrogen) atoms. The van der Waals surface area contributed by atoms with E-state index in [1.165, 1.54) is 7.11 Å². The summed E-state index contributed by atoms with van der Waals surface area (Å²) in [6, 6.07) is 0.356. The van der Waals surface area contributed by atoms with Crippen molar-refractivity contribution in [2.24, 2.45) is 0 Å². The maximum Gasteiger partial charge on any atom is 0.155 e. The van der Waals surface area contributed by atoms with E-state index < -0.39 is 6.29 Å².